The van der Waals surface area contributed by atoms with Crippen LogP contribution in [0.1, 0.15) is 19.4 Å². The number of allylic oxidation sites excluding steroid dienone is 1. The van der Waals surface area contributed by atoms with Crippen LogP contribution in [0, 0.1) is 0 Å². The van der Waals surface area contributed by atoms with Crippen molar-refractivity contribution in [1.29, 1.82) is 0 Å². The van der Waals surface area contributed by atoms with Gasteiger partial charge in [-0.1, -0.05) is 0 Å². The van der Waals surface area contributed by atoms with E-state index in [0.717, 1.165) is 22.2 Å². The van der Waals surface area contributed by atoms with Crippen molar-refractivity contribution in [1.82, 2.24) is 14.9 Å². The number of carbonyl (C=O) groups excluding carboxylic acids is 1. The van der Waals surface area contributed by atoms with Crippen LogP contribution < -0.4 is 0 Å². The summed E-state index contributed by atoms with van der Waals surface area (Å²) in [5.41, 5.74) is 2.83. The Morgan fingerprint density at radius 1 is 1.50 bits per heavy atom. The van der Waals surface area contributed by atoms with E-state index >= 15 is 0 Å². The third-order valence-electron chi connectivity index (χ3n) is 3.68. The number of aliphatic imine (C=N–C) groups is 1. The smallest absolute Gasteiger partial charge is 0.328 e. The molecule has 0 aliphatic carbocycles. The van der Waals surface area contributed by atoms with Gasteiger partial charge in [-0.05, 0) is 31.5 Å². The number of aromatic nitrogens is 2. The molecule has 114 valence electrons. The Morgan fingerprint density at radius 3 is 3.18 bits per heavy atom. The predicted octanol–water partition coefficient (Wildman–Crippen LogP) is 2.20. The number of nitrogens with zero attached hydrogens (tertiary/aromatic N) is 3. The molecule has 1 N–H and O–H groups in total. The summed E-state index contributed by atoms with van der Waals surface area (Å²) in [6.45, 7) is 4.46. The van der Waals surface area contributed by atoms with Crippen molar-refractivity contribution in [2.45, 2.75) is 19.9 Å². The Bertz CT molecular complexity index is 747. The van der Waals surface area contributed by atoms with Gasteiger partial charge < -0.3 is 14.6 Å². The Hall–Kier alpha value is -2.63. The molecule has 1 unspecified atom stereocenters. The van der Waals surface area contributed by atoms with Crippen molar-refractivity contribution in [3.8, 4) is 0 Å². The van der Waals surface area contributed by atoms with Gasteiger partial charge in [-0.3, -0.25) is 4.99 Å². The number of ether oxygens (including phenoxy) is 1. The van der Waals surface area contributed by atoms with Crippen molar-refractivity contribution in [3.63, 3.8) is 0 Å². The van der Waals surface area contributed by atoms with E-state index in [-0.39, 0.29) is 12.0 Å². The molecule has 3 heterocycles. The fraction of sp³-hybridized carbons (Fsp3) is 0.312. The van der Waals surface area contributed by atoms with Gasteiger partial charge in [-0.15, -0.1) is 0 Å². The Morgan fingerprint density at radius 2 is 2.36 bits per heavy atom. The summed E-state index contributed by atoms with van der Waals surface area (Å²) >= 11 is 0. The number of carbonyl (C=O) groups is 1. The quantitative estimate of drug-likeness (QED) is 0.878. The van der Waals surface area contributed by atoms with Crippen molar-refractivity contribution >= 4 is 28.8 Å². The summed E-state index contributed by atoms with van der Waals surface area (Å²) in [6.07, 6.45) is 7.41. The van der Waals surface area contributed by atoms with Crippen molar-refractivity contribution in [3.05, 3.63) is 36.3 Å². The highest BCUT2D eigenvalue weighted by Crippen LogP contribution is 2.24. The molecular formula is C16H18N4O2. The van der Waals surface area contributed by atoms with Gasteiger partial charge >= 0.3 is 5.97 Å². The highest BCUT2D eigenvalue weighted by molar-refractivity contribution is 6.14. The lowest BCUT2D eigenvalue weighted by molar-refractivity contribution is -0.147. The first kappa shape index (κ1) is 14.3. The van der Waals surface area contributed by atoms with Crippen molar-refractivity contribution < 1.29 is 9.53 Å². The fourth-order valence-electron chi connectivity index (χ4n) is 2.47. The van der Waals surface area contributed by atoms with E-state index in [9.17, 15) is 4.79 Å². The first-order valence-corrected chi connectivity index (χ1v) is 7.27. The SMILES string of the molecule is CCOC(=O)C(C)N1C=C(c2ccnc3[nH]ccc23)C=NC1. The molecule has 1 aliphatic heterocycles. The second-order valence-electron chi connectivity index (χ2n) is 5.08. The molecule has 2 aromatic heterocycles. The minimum Gasteiger partial charge on any atom is -0.464 e. The summed E-state index contributed by atoms with van der Waals surface area (Å²) in [7, 11) is 0. The molecular weight excluding hydrogens is 280 g/mol. The van der Waals surface area contributed by atoms with Gasteiger partial charge in [0.15, 0.2) is 0 Å². The fourth-order valence-corrected chi connectivity index (χ4v) is 2.47. The Balaban J connectivity index is 1.92. The second kappa shape index (κ2) is 6.01. The molecule has 22 heavy (non-hydrogen) atoms. The number of hydrogen-bond acceptors (Lipinski definition) is 5. The third-order valence-corrected chi connectivity index (χ3v) is 3.68. The largest absolute Gasteiger partial charge is 0.464 e. The monoisotopic (exact) mass is 298 g/mol. The number of fused-ring (bicyclic) bond motifs is 1. The third kappa shape index (κ3) is 2.59. The number of hydrogen-bond donors (Lipinski definition) is 1. The normalized spacial score (nSPS) is 15.7. The van der Waals surface area contributed by atoms with Crippen LogP contribution in [-0.4, -0.2) is 46.4 Å². The van der Waals surface area contributed by atoms with Crippen LogP contribution in [0.2, 0.25) is 0 Å². The number of H-pyrrole nitrogens is 1. The van der Waals surface area contributed by atoms with Crippen LogP contribution in [0.3, 0.4) is 0 Å². The second-order valence-corrected chi connectivity index (χ2v) is 5.08. The van der Waals surface area contributed by atoms with E-state index in [1.165, 1.54) is 0 Å². The zero-order chi connectivity index (χ0) is 15.5. The maximum absolute atomic E-state index is 11.9. The molecule has 1 aliphatic rings. The maximum Gasteiger partial charge on any atom is 0.328 e. The van der Waals surface area contributed by atoms with E-state index in [1.807, 2.05) is 42.6 Å². The van der Waals surface area contributed by atoms with Gasteiger partial charge in [-0.2, -0.15) is 0 Å². The van der Waals surface area contributed by atoms with E-state index in [1.54, 1.807) is 13.1 Å². The number of esters is 1. The van der Waals surface area contributed by atoms with Gasteiger partial charge in [0.05, 0.1) is 6.61 Å². The summed E-state index contributed by atoms with van der Waals surface area (Å²) in [6, 6.07) is 3.57. The van der Waals surface area contributed by atoms with E-state index in [4.69, 9.17) is 4.74 Å². The standard InChI is InChI=1S/C16H18N4O2/c1-3-22-16(21)11(2)20-9-12(8-17-10-20)13-4-6-18-15-14(13)5-7-19-15/h4-9,11H,3,10H2,1-2H3,(H,18,19). The van der Waals surface area contributed by atoms with Crippen LogP contribution >= 0.6 is 0 Å². The zero-order valence-corrected chi connectivity index (χ0v) is 12.6. The molecule has 0 radical (unpaired) electrons. The van der Waals surface area contributed by atoms with Crippen molar-refractivity contribution in [2.24, 2.45) is 4.99 Å². The topological polar surface area (TPSA) is 70.6 Å². The molecule has 0 spiro atoms. The molecule has 0 aromatic carbocycles. The molecule has 6 heteroatoms. The lowest BCUT2D eigenvalue weighted by atomic mass is 10.0. The molecule has 0 fully saturated rings. The van der Waals surface area contributed by atoms with Crippen LogP contribution in [0.25, 0.3) is 16.6 Å². The molecule has 1 atom stereocenters. The van der Waals surface area contributed by atoms with Crippen LogP contribution in [0.4, 0.5) is 0 Å². The van der Waals surface area contributed by atoms with Crippen LogP contribution in [0.5, 0.6) is 0 Å². The van der Waals surface area contributed by atoms with Gasteiger partial charge in [0.25, 0.3) is 0 Å². The number of aromatic amines is 1. The predicted molar refractivity (Wildman–Crippen MR) is 85.4 cm³/mol. The molecule has 0 saturated carbocycles. The number of nitrogens with one attached hydrogen (secondary N) is 1. The molecule has 0 saturated heterocycles. The average Bonchev–Trinajstić information content (AvgIpc) is 3.03. The molecule has 2 aromatic rings. The lowest BCUT2D eigenvalue weighted by Crippen LogP contribution is -2.38. The van der Waals surface area contributed by atoms with Gasteiger partial charge in [0.1, 0.15) is 18.4 Å². The van der Waals surface area contributed by atoms with E-state index in [2.05, 4.69) is 15.0 Å². The molecule has 0 bridgehead atoms. The summed E-state index contributed by atoms with van der Waals surface area (Å²) < 4.78 is 5.08. The Kier molecular flexibility index (Phi) is 3.91. The van der Waals surface area contributed by atoms with E-state index < -0.39 is 0 Å². The molecule has 0 amide bonds. The summed E-state index contributed by atoms with van der Waals surface area (Å²) in [5, 5.41) is 1.03. The lowest BCUT2D eigenvalue weighted by Gasteiger charge is -2.27. The minimum absolute atomic E-state index is 0.239. The molecule has 6 nitrogen and oxygen atoms in total. The summed E-state index contributed by atoms with van der Waals surface area (Å²) in [5.74, 6) is -0.239. The average molecular weight is 298 g/mol. The van der Waals surface area contributed by atoms with Crippen LogP contribution in [0.15, 0.2) is 35.7 Å². The zero-order valence-electron chi connectivity index (χ0n) is 12.6. The highest BCUT2D eigenvalue weighted by atomic mass is 16.5. The first-order valence-electron chi connectivity index (χ1n) is 7.27. The number of rotatable bonds is 4. The molecule has 3 rings (SSSR count). The first-order chi connectivity index (χ1) is 10.7. The summed E-state index contributed by atoms with van der Waals surface area (Å²) in [4.78, 5) is 25.5. The van der Waals surface area contributed by atoms with Gasteiger partial charge in [0.2, 0.25) is 0 Å². The maximum atomic E-state index is 11.9. The van der Waals surface area contributed by atoms with Gasteiger partial charge in [-0.25, -0.2) is 9.78 Å². The number of pyridine rings is 1. The van der Waals surface area contributed by atoms with Crippen molar-refractivity contribution in [2.75, 3.05) is 13.3 Å². The van der Waals surface area contributed by atoms with Crippen LogP contribution in [-0.2, 0) is 9.53 Å². The van der Waals surface area contributed by atoms with E-state index in [0.29, 0.717) is 13.3 Å². The Labute approximate surface area is 128 Å². The van der Waals surface area contributed by atoms with Gasteiger partial charge in [0, 0.05) is 35.8 Å². The minimum atomic E-state index is -0.365. The highest BCUT2D eigenvalue weighted by Gasteiger charge is 2.22.